The van der Waals surface area contributed by atoms with E-state index in [4.69, 9.17) is 5.73 Å². The van der Waals surface area contributed by atoms with E-state index < -0.39 is 0 Å². The molecule has 1 aromatic heterocycles. The lowest BCUT2D eigenvalue weighted by Gasteiger charge is -2.21. The summed E-state index contributed by atoms with van der Waals surface area (Å²) >= 11 is 1.73. The first-order valence-corrected chi connectivity index (χ1v) is 5.70. The van der Waals surface area contributed by atoms with Crippen molar-refractivity contribution in [1.82, 2.24) is 14.8 Å². The Labute approximate surface area is 89.3 Å². The monoisotopic (exact) mass is 214 g/mol. The van der Waals surface area contributed by atoms with E-state index in [1.54, 1.807) is 22.8 Å². The minimum atomic E-state index is 0.228. The van der Waals surface area contributed by atoms with Crippen molar-refractivity contribution in [2.75, 3.05) is 12.3 Å². The van der Waals surface area contributed by atoms with Gasteiger partial charge in [-0.3, -0.25) is 0 Å². The molecule has 1 heterocycles. The van der Waals surface area contributed by atoms with Gasteiger partial charge in [0, 0.05) is 12.8 Å². The molecule has 0 radical (unpaired) electrons. The van der Waals surface area contributed by atoms with Gasteiger partial charge < -0.3 is 5.73 Å². The first-order valence-electron chi connectivity index (χ1n) is 4.72. The molecule has 4 nitrogen and oxygen atoms in total. The second kappa shape index (κ2) is 4.79. The third-order valence-electron chi connectivity index (χ3n) is 2.23. The van der Waals surface area contributed by atoms with E-state index in [2.05, 4.69) is 23.9 Å². The van der Waals surface area contributed by atoms with Gasteiger partial charge >= 0.3 is 0 Å². The molecule has 0 spiro atoms. The molecule has 0 amide bonds. The first-order chi connectivity index (χ1) is 6.55. The molecule has 0 saturated heterocycles. The summed E-state index contributed by atoms with van der Waals surface area (Å²) in [4.78, 5) is 4.14. The van der Waals surface area contributed by atoms with E-state index in [1.165, 1.54) is 0 Å². The van der Waals surface area contributed by atoms with Crippen LogP contribution in [-0.4, -0.2) is 27.1 Å². The summed E-state index contributed by atoms with van der Waals surface area (Å²) in [5, 5.41) is 4.98. The summed E-state index contributed by atoms with van der Waals surface area (Å²) in [5.74, 6) is 1.04. The summed E-state index contributed by atoms with van der Waals surface area (Å²) in [6.07, 6.45) is 2.68. The quantitative estimate of drug-likeness (QED) is 0.750. The Hall–Kier alpha value is -0.550. The number of nitrogens with two attached hydrogens (primary N) is 1. The van der Waals surface area contributed by atoms with Crippen molar-refractivity contribution in [3.63, 3.8) is 0 Å². The van der Waals surface area contributed by atoms with Gasteiger partial charge in [0.2, 0.25) is 0 Å². The van der Waals surface area contributed by atoms with Crippen LogP contribution < -0.4 is 5.73 Å². The van der Waals surface area contributed by atoms with Crippen LogP contribution >= 0.6 is 11.8 Å². The largest absolute Gasteiger partial charge is 0.330 e. The number of hydrogen-bond donors (Lipinski definition) is 1. The molecular formula is C9H18N4S. The van der Waals surface area contributed by atoms with Crippen LogP contribution in [0, 0.1) is 5.41 Å². The number of nitrogens with zero attached hydrogens (tertiary/aromatic N) is 3. The van der Waals surface area contributed by atoms with E-state index in [1.807, 2.05) is 7.05 Å². The Bertz CT molecular complexity index is 282. The van der Waals surface area contributed by atoms with Crippen molar-refractivity contribution in [2.24, 2.45) is 18.2 Å². The molecular weight excluding hydrogens is 196 g/mol. The number of aromatic nitrogens is 3. The van der Waals surface area contributed by atoms with Gasteiger partial charge in [-0.1, -0.05) is 25.6 Å². The third-order valence-corrected chi connectivity index (χ3v) is 3.27. The maximum atomic E-state index is 5.65. The molecule has 0 aliphatic heterocycles. The van der Waals surface area contributed by atoms with Crippen LogP contribution in [0.15, 0.2) is 11.5 Å². The zero-order chi connectivity index (χ0) is 10.6. The highest BCUT2D eigenvalue weighted by atomic mass is 32.2. The maximum absolute atomic E-state index is 5.65. The fourth-order valence-corrected chi connectivity index (χ4v) is 2.13. The normalized spacial score (nSPS) is 12.0. The Morgan fingerprint density at radius 1 is 1.57 bits per heavy atom. The highest BCUT2D eigenvalue weighted by Gasteiger charge is 2.15. The maximum Gasteiger partial charge on any atom is 0.185 e. The Kier molecular flexibility index (Phi) is 3.95. The van der Waals surface area contributed by atoms with E-state index >= 15 is 0 Å². The van der Waals surface area contributed by atoms with Gasteiger partial charge in [-0.25, -0.2) is 9.67 Å². The van der Waals surface area contributed by atoms with E-state index in [-0.39, 0.29) is 5.41 Å². The van der Waals surface area contributed by atoms with Gasteiger partial charge in [-0.05, 0) is 18.4 Å². The number of aryl methyl sites for hydroxylation is 1. The second-order valence-corrected chi connectivity index (χ2v) is 5.20. The standard InChI is InChI=1S/C9H18N4S/c1-9(2,6-10)4-5-14-8-11-7-12-13(8)3/h7H,4-6,10H2,1-3H3. The summed E-state index contributed by atoms with van der Waals surface area (Å²) in [6.45, 7) is 5.10. The summed E-state index contributed by atoms with van der Waals surface area (Å²) in [7, 11) is 1.91. The van der Waals surface area contributed by atoms with Crippen molar-refractivity contribution in [1.29, 1.82) is 0 Å². The van der Waals surface area contributed by atoms with Crippen molar-refractivity contribution in [2.45, 2.75) is 25.4 Å². The van der Waals surface area contributed by atoms with Crippen LogP contribution in [0.3, 0.4) is 0 Å². The van der Waals surface area contributed by atoms with E-state index in [9.17, 15) is 0 Å². The minimum absolute atomic E-state index is 0.228. The van der Waals surface area contributed by atoms with Gasteiger partial charge in [0.05, 0.1) is 0 Å². The summed E-state index contributed by atoms with van der Waals surface area (Å²) in [5.41, 5.74) is 5.88. The molecule has 0 unspecified atom stereocenters. The number of hydrogen-bond acceptors (Lipinski definition) is 4. The molecule has 1 rings (SSSR count). The van der Waals surface area contributed by atoms with Crippen molar-refractivity contribution >= 4 is 11.8 Å². The van der Waals surface area contributed by atoms with E-state index in [0.29, 0.717) is 0 Å². The lowest BCUT2D eigenvalue weighted by atomic mass is 9.91. The lowest BCUT2D eigenvalue weighted by Crippen LogP contribution is -2.24. The molecule has 0 bridgehead atoms. The molecule has 0 atom stereocenters. The zero-order valence-corrected chi connectivity index (χ0v) is 9.84. The molecule has 80 valence electrons. The van der Waals surface area contributed by atoms with Crippen molar-refractivity contribution in [3.8, 4) is 0 Å². The Morgan fingerprint density at radius 2 is 2.29 bits per heavy atom. The number of thioether (sulfide) groups is 1. The van der Waals surface area contributed by atoms with Crippen LogP contribution in [0.2, 0.25) is 0 Å². The number of rotatable bonds is 5. The fraction of sp³-hybridized carbons (Fsp3) is 0.778. The topological polar surface area (TPSA) is 56.7 Å². The SMILES string of the molecule is Cn1ncnc1SCCC(C)(C)CN. The van der Waals surface area contributed by atoms with Gasteiger partial charge in [-0.2, -0.15) is 5.10 Å². The molecule has 0 aliphatic carbocycles. The molecule has 14 heavy (non-hydrogen) atoms. The van der Waals surface area contributed by atoms with Gasteiger partial charge in [0.25, 0.3) is 0 Å². The predicted octanol–water partition coefficient (Wildman–Crippen LogP) is 1.28. The molecule has 0 saturated carbocycles. The average molecular weight is 214 g/mol. The van der Waals surface area contributed by atoms with Crippen molar-refractivity contribution in [3.05, 3.63) is 6.33 Å². The third kappa shape index (κ3) is 3.31. The second-order valence-electron chi connectivity index (χ2n) is 4.13. The molecule has 0 aromatic carbocycles. The Balaban J connectivity index is 2.32. The average Bonchev–Trinajstić information content (AvgIpc) is 2.52. The van der Waals surface area contributed by atoms with Crippen LogP contribution in [-0.2, 0) is 7.05 Å². The highest BCUT2D eigenvalue weighted by Crippen LogP contribution is 2.23. The highest BCUT2D eigenvalue weighted by molar-refractivity contribution is 7.99. The predicted molar refractivity (Wildman–Crippen MR) is 59.2 cm³/mol. The summed E-state index contributed by atoms with van der Waals surface area (Å²) in [6, 6.07) is 0. The molecule has 5 heteroatoms. The molecule has 0 aliphatic rings. The first kappa shape index (κ1) is 11.5. The van der Waals surface area contributed by atoms with Crippen LogP contribution in [0.4, 0.5) is 0 Å². The Morgan fingerprint density at radius 3 is 2.79 bits per heavy atom. The van der Waals surface area contributed by atoms with Crippen LogP contribution in [0.1, 0.15) is 20.3 Å². The smallest absolute Gasteiger partial charge is 0.185 e. The van der Waals surface area contributed by atoms with Gasteiger partial charge in [-0.15, -0.1) is 0 Å². The fourth-order valence-electron chi connectivity index (χ4n) is 0.937. The van der Waals surface area contributed by atoms with Crippen LogP contribution in [0.25, 0.3) is 0 Å². The van der Waals surface area contributed by atoms with Crippen LogP contribution in [0.5, 0.6) is 0 Å². The van der Waals surface area contributed by atoms with Gasteiger partial charge in [0.1, 0.15) is 6.33 Å². The van der Waals surface area contributed by atoms with E-state index in [0.717, 1.165) is 23.9 Å². The van der Waals surface area contributed by atoms with Crippen molar-refractivity contribution < 1.29 is 0 Å². The lowest BCUT2D eigenvalue weighted by molar-refractivity contribution is 0.368. The van der Waals surface area contributed by atoms with Gasteiger partial charge in [0.15, 0.2) is 5.16 Å². The molecule has 1 aromatic rings. The molecule has 0 fully saturated rings. The summed E-state index contributed by atoms with van der Waals surface area (Å²) < 4.78 is 1.79. The molecule has 2 N–H and O–H groups in total. The minimum Gasteiger partial charge on any atom is -0.330 e. The zero-order valence-electron chi connectivity index (χ0n) is 9.03.